The Bertz CT molecular complexity index is 570. The SMILES string of the molecule is Cc1cc(-c2ccccn2)nc(C(C)C(=O)O)n1. The average Bonchev–Trinajstić information content (AvgIpc) is 2.38. The molecule has 2 aromatic heterocycles. The molecule has 0 fully saturated rings. The lowest BCUT2D eigenvalue weighted by Crippen LogP contribution is -2.12. The Balaban J connectivity index is 2.48. The van der Waals surface area contributed by atoms with E-state index < -0.39 is 11.9 Å². The van der Waals surface area contributed by atoms with E-state index in [4.69, 9.17) is 5.11 Å². The van der Waals surface area contributed by atoms with Crippen LogP contribution in [0.3, 0.4) is 0 Å². The number of carbonyl (C=O) groups is 1. The first-order valence-electron chi connectivity index (χ1n) is 5.57. The lowest BCUT2D eigenvalue weighted by Gasteiger charge is -2.08. The van der Waals surface area contributed by atoms with Crippen LogP contribution in [0.1, 0.15) is 24.4 Å². The minimum absolute atomic E-state index is 0.308. The van der Waals surface area contributed by atoms with Gasteiger partial charge in [-0.05, 0) is 32.0 Å². The van der Waals surface area contributed by atoms with E-state index in [0.717, 1.165) is 5.69 Å². The molecule has 2 rings (SSSR count). The second kappa shape index (κ2) is 4.91. The van der Waals surface area contributed by atoms with Crippen molar-refractivity contribution in [3.8, 4) is 11.4 Å². The Morgan fingerprint density at radius 1 is 1.28 bits per heavy atom. The largest absolute Gasteiger partial charge is 0.481 e. The summed E-state index contributed by atoms with van der Waals surface area (Å²) in [6.07, 6.45) is 1.67. The summed E-state index contributed by atoms with van der Waals surface area (Å²) in [6.45, 7) is 3.38. The third-order valence-corrected chi connectivity index (χ3v) is 2.56. The van der Waals surface area contributed by atoms with Crippen molar-refractivity contribution in [2.75, 3.05) is 0 Å². The molecular formula is C13H13N3O2. The van der Waals surface area contributed by atoms with Gasteiger partial charge in [0.15, 0.2) is 0 Å². The van der Waals surface area contributed by atoms with Gasteiger partial charge in [-0.25, -0.2) is 9.97 Å². The van der Waals surface area contributed by atoms with Crippen molar-refractivity contribution in [1.29, 1.82) is 0 Å². The molecule has 5 nitrogen and oxygen atoms in total. The molecule has 0 aromatic carbocycles. The van der Waals surface area contributed by atoms with Gasteiger partial charge >= 0.3 is 5.97 Å². The van der Waals surface area contributed by atoms with Crippen LogP contribution < -0.4 is 0 Å². The van der Waals surface area contributed by atoms with Crippen molar-refractivity contribution < 1.29 is 9.90 Å². The van der Waals surface area contributed by atoms with Crippen LogP contribution in [0.4, 0.5) is 0 Å². The second-order valence-electron chi connectivity index (χ2n) is 4.03. The normalized spacial score (nSPS) is 12.1. The molecule has 18 heavy (non-hydrogen) atoms. The maximum atomic E-state index is 11.0. The van der Waals surface area contributed by atoms with E-state index in [1.165, 1.54) is 0 Å². The average molecular weight is 243 g/mol. The summed E-state index contributed by atoms with van der Waals surface area (Å²) in [4.78, 5) is 23.6. The maximum absolute atomic E-state index is 11.0. The molecule has 0 saturated carbocycles. The molecule has 0 amide bonds. The highest BCUT2D eigenvalue weighted by atomic mass is 16.4. The quantitative estimate of drug-likeness (QED) is 0.892. The van der Waals surface area contributed by atoms with Crippen molar-refractivity contribution in [3.63, 3.8) is 0 Å². The van der Waals surface area contributed by atoms with Gasteiger partial charge in [-0.2, -0.15) is 0 Å². The van der Waals surface area contributed by atoms with Gasteiger partial charge in [-0.3, -0.25) is 9.78 Å². The Hall–Kier alpha value is -2.30. The van der Waals surface area contributed by atoms with Gasteiger partial charge in [0.25, 0.3) is 0 Å². The van der Waals surface area contributed by atoms with Crippen molar-refractivity contribution >= 4 is 5.97 Å². The molecule has 1 N–H and O–H groups in total. The third-order valence-electron chi connectivity index (χ3n) is 2.56. The number of hydrogen-bond donors (Lipinski definition) is 1. The van der Waals surface area contributed by atoms with Crippen molar-refractivity contribution in [2.45, 2.75) is 19.8 Å². The fourth-order valence-electron chi connectivity index (χ4n) is 1.54. The standard InChI is InChI=1S/C13H13N3O2/c1-8-7-11(10-5-3-4-6-14-10)16-12(15-8)9(2)13(17)18/h3-7,9H,1-2H3,(H,17,18). The number of aryl methyl sites for hydroxylation is 1. The minimum atomic E-state index is -0.937. The molecule has 1 unspecified atom stereocenters. The predicted molar refractivity (Wildman–Crippen MR) is 66.1 cm³/mol. The summed E-state index contributed by atoms with van der Waals surface area (Å²) < 4.78 is 0. The fraction of sp³-hybridized carbons (Fsp3) is 0.231. The van der Waals surface area contributed by atoms with Gasteiger partial charge in [-0.1, -0.05) is 6.07 Å². The van der Waals surface area contributed by atoms with Crippen LogP contribution >= 0.6 is 0 Å². The number of pyridine rings is 1. The van der Waals surface area contributed by atoms with Crippen molar-refractivity contribution in [2.24, 2.45) is 0 Å². The van der Waals surface area contributed by atoms with E-state index in [1.54, 1.807) is 19.2 Å². The summed E-state index contributed by atoms with van der Waals surface area (Å²) in [7, 11) is 0. The zero-order chi connectivity index (χ0) is 13.1. The van der Waals surface area contributed by atoms with E-state index in [2.05, 4.69) is 15.0 Å². The first-order chi connectivity index (χ1) is 8.58. The zero-order valence-corrected chi connectivity index (χ0v) is 10.2. The summed E-state index contributed by atoms with van der Waals surface area (Å²) in [6, 6.07) is 7.30. The molecule has 0 spiro atoms. The zero-order valence-electron chi connectivity index (χ0n) is 10.2. The number of nitrogens with zero attached hydrogens (tertiary/aromatic N) is 3. The molecule has 2 heterocycles. The first-order valence-corrected chi connectivity index (χ1v) is 5.57. The van der Waals surface area contributed by atoms with E-state index >= 15 is 0 Å². The van der Waals surface area contributed by atoms with Gasteiger partial charge in [0.2, 0.25) is 0 Å². The van der Waals surface area contributed by atoms with Gasteiger partial charge in [0.1, 0.15) is 11.7 Å². The number of carboxylic acid groups (broad SMARTS) is 1. The van der Waals surface area contributed by atoms with Gasteiger partial charge in [-0.15, -0.1) is 0 Å². The minimum Gasteiger partial charge on any atom is -0.481 e. The molecule has 92 valence electrons. The molecule has 0 aliphatic heterocycles. The number of rotatable bonds is 3. The summed E-state index contributed by atoms with van der Waals surface area (Å²) in [5.41, 5.74) is 2.08. The van der Waals surface area contributed by atoms with Gasteiger partial charge < -0.3 is 5.11 Å². The number of carboxylic acids is 1. The molecule has 2 aromatic rings. The Labute approximate surface area is 105 Å². The highest BCUT2D eigenvalue weighted by Gasteiger charge is 2.18. The van der Waals surface area contributed by atoms with E-state index in [9.17, 15) is 4.79 Å². The Kier molecular flexibility index (Phi) is 3.32. The maximum Gasteiger partial charge on any atom is 0.313 e. The molecule has 0 saturated heterocycles. The number of aliphatic carboxylic acids is 1. The lowest BCUT2D eigenvalue weighted by molar-refractivity contribution is -0.138. The van der Waals surface area contributed by atoms with Gasteiger partial charge in [0.05, 0.1) is 11.4 Å². The van der Waals surface area contributed by atoms with Crippen LogP contribution in [0, 0.1) is 6.92 Å². The highest BCUT2D eigenvalue weighted by Crippen LogP contribution is 2.18. The molecule has 5 heteroatoms. The van der Waals surface area contributed by atoms with Crippen LogP contribution in [0.15, 0.2) is 30.5 Å². The number of aromatic nitrogens is 3. The third kappa shape index (κ3) is 2.51. The Morgan fingerprint density at radius 2 is 2.06 bits per heavy atom. The van der Waals surface area contributed by atoms with Crippen LogP contribution in [-0.4, -0.2) is 26.0 Å². The fourth-order valence-corrected chi connectivity index (χ4v) is 1.54. The molecular weight excluding hydrogens is 230 g/mol. The van der Waals surface area contributed by atoms with E-state index in [0.29, 0.717) is 17.2 Å². The van der Waals surface area contributed by atoms with Crippen LogP contribution in [0.25, 0.3) is 11.4 Å². The summed E-state index contributed by atoms with van der Waals surface area (Å²) >= 11 is 0. The topological polar surface area (TPSA) is 76.0 Å². The summed E-state index contributed by atoms with van der Waals surface area (Å²) in [5, 5.41) is 8.99. The second-order valence-corrected chi connectivity index (χ2v) is 4.03. The molecule has 0 radical (unpaired) electrons. The van der Waals surface area contributed by atoms with E-state index in [1.807, 2.05) is 25.1 Å². The molecule has 0 aliphatic rings. The number of hydrogen-bond acceptors (Lipinski definition) is 4. The van der Waals surface area contributed by atoms with Gasteiger partial charge in [0, 0.05) is 11.9 Å². The van der Waals surface area contributed by atoms with Crippen LogP contribution in [0.5, 0.6) is 0 Å². The lowest BCUT2D eigenvalue weighted by atomic mass is 10.1. The van der Waals surface area contributed by atoms with Crippen LogP contribution in [0.2, 0.25) is 0 Å². The Morgan fingerprint density at radius 3 is 2.67 bits per heavy atom. The molecule has 0 aliphatic carbocycles. The van der Waals surface area contributed by atoms with Crippen molar-refractivity contribution in [1.82, 2.24) is 15.0 Å². The smallest absolute Gasteiger partial charge is 0.313 e. The van der Waals surface area contributed by atoms with Crippen LogP contribution in [-0.2, 0) is 4.79 Å². The van der Waals surface area contributed by atoms with E-state index in [-0.39, 0.29) is 0 Å². The van der Waals surface area contributed by atoms with Crippen molar-refractivity contribution in [3.05, 3.63) is 42.0 Å². The highest BCUT2D eigenvalue weighted by molar-refractivity contribution is 5.74. The summed E-state index contributed by atoms with van der Waals surface area (Å²) in [5.74, 6) is -1.36. The first kappa shape index (κ1) is 12.2. The molecule has 1 atom stereocenters. The monoisotopic (exact) mass is 243 g/mol. The molecule has 0 bridgehead atoms. The predicted octanol–water partition coefficient (Wildman–Crippen LogP) is 2.04.